The zero-order valence-electron chi connectivity index (χ0n) is 13.8. The molecule has 0 saturated carbocycles. The van der Waals surface area contributed by atoms with E-state index in [1.54, 1.807) is 24.5 Å². The molecule has 0 bridgehead atoms. The molecule has 23 heavy (non-hydrogen) atoms. The van der Waals surface area contributed by atoms with Gasteiger partial charge in [0.05, 0.1) is 5.56 Å². The summed E-state index contributed by atoms with van der Waals surface area (Å²) in [5, 5.41) is 0. The molecule has 1 aromatic rings. The SMILES string of the molecule is CC1CCN(C(=O)C2CCN(C(=O)c3cccnc3)CC2)CC1. The summed E-state index contributed by atoms with van der Waals surface area (Å²) in [6, 6.07) is 3.57. The van der Waals surface area contributed by atoms with Crippen LogP contribution in [0.3, 0.4) is 0 Å². The Morgan fingerprint density at radius 2 is 1.70 bits per heavy atom. The van der Waals surface area contributed by atoms with Crippen molar-refractivity contribution in [3.8, 4) is 0 Å². The maximum atomic E-state index is 12.6. The van der Waals surface area contributed by atoms with E-state index in [2.05, 4.69) is 11.9 Å². The molecule has 0 radical (unpaired) electrons. The highest BCUT2D eigenvalue weighted by atomic mass is 16.2. The molecule has 0 aliphatic carbocycles. The fourth-order valence-electron chi connectivity index (χ4n) is 3.49. The van der Waals surface area contributed by atoms with Crippen molar-refractivity contribution < 1.29 is 9.59 Å². The Hall–Kier alpha value is -1.91. The normalized spacial score (nSPS) is 20.6. The van der Waals surface area contributed by atoms with Gasteiger partial charge in [-0.05, 0) is 43.7 Å². The van der Waals surface area contributed by atoms with E-state index in [1.807, 2.05) is 9.80 Å². The molecular weight excluding hydrogens is 290 g/mol. The molecule has 2 amide bonds. The third-order valence-electron chi connectivity index (χ3n) is 5.14. The monoisotopic (exact) mass is 315 g/mol. The number of amides is 2. The number of pyridine rings is 1. The minimum absolute atomic E-state index is 0.0239. The Morgan fingerprint density at radius 3 is 2.30 bits per heavy atom. The molecule has 0 aromatic carbocycles. The number of hydrogen-bond donors (Lipinski definition) is 0. The van der Waals surface area contributed by atoms with Crippen molar-refractivity contribution in [1.29, 1.82) is 0 Å². The number of hydrogen-bond acceptors (Lipinski definition) is 3. The number of piperidine rings is 2. The van der Waals surface area contributed by atoms with Crippen LogP contribution in [0.15, 0.2) is 24.5 Å². The van der Waals surface area contributed by atoms with Gasteiger partial charge < -0.3 is 9.80 Å². The van der Waals surface area contributed by atoms with Crippen molar-refractivity contribution in [2.75, 3.05) is 26.2 Å². The predicted molar refractivity (Wildman–Crippen MR) is 87.8 cm³/mol. The zero-order chi connectivity index (χ0) is 16.2. The van der Waals surface area contributed by atoms with Crippen LogP contribution in [0.1, 0.15) is 43.0 Å². The standard InChI is InChI=1S/C18H25N3O2/c1-14-4-9-20(10-5-14)17(22)15-6-11-21(12-7-15)18(23)16-3-2-8-19-13-16/h2-3,8,13-15H,4-7,9-12H2,1H3. The van der Waals surface area contributed by atoms with Gasteiger partial charge in [0, 0.05) is 44.5 Å². The first kappa shape index (κ1) is 16.0. The van der Waals surface area contributed by atoms with Crippen LogP contribution in [-0.2, 0) is 4.79 Å². The van der Waals surface area contributed by atoms with Crippen LogP contribution in [0.5, 0.6) is 0 Å². The van der Waals surface area contributed by atoms with Crippen molar-refractivity contribution in [1.82, 2.24) is 14.8 Å². The van der Waals surface area contributed by atoms with Gasteiger partial charge in [-0.3, -0.25) is 14.6 Å². The topological polar surface area (TPSA) is 53.5 Å². The summed E-state index contributed by atoms with van der Waals surface area (Å²) in [5.41, 5.74) is 0.627. The molecule has 3 heterocycles. The number of nitrogens with zero attached hydrogens (tertiary/aromatic N) is 3. The Morgan fingerprint density at radius 1 is 1.04 bits per heavy atom. The zero-order valence-corrected chi connectivity index (χ0v) is 13.8. The van der Waals surface area contributed by atoms with Crippen LogP contribution in [0.25, 0.3) is 0 Å². The number of carbonyl (C=O) groups is 2. The maximum absolute atomic E-state index is 12.6. The molecule has 5 heteroatoms. The average Bonchev–Trinajstić information content (AvgIpc) is 2.62. The van der Waals surface area contributed by atoms with Gasteiger partial charge in [0.25, 0.3) is 5.91 Å². The van der Waals surface area contributed by atoms with E-state index in [-0.39, 0.29) is 11.8 Å². The van der Waals surface area contributed by atoms with Crippen molar-refractivity contribution in [2.24, 2.45) is 11.8 Å². The highest BCUT2D eigenvalue weighted by Gasteiger charge is 2.31. The molecule has 0 unspecified atom stereocenters. The van der Waals surface area contributed by atoms with E-state index in [0.717, 1.165) is 44.7 Å². The summed E-state index contributed by atoms with van der Waals surface area (Å²) in [7, 11) is 0. The average molecular weight is 315 g/mol. The molecule has 0 N–H and O–H groups in total. The Kier molecular flexibility index (Phi) is 4.94. The van der Waals surface area contributed by atoms with Crippen molar-refractivity contribution in [2.45, 2.75) is 32.6 Å². The summed E-state index contributed by atoms with van der Waals surface area (Å²) < 4.78 is 0. The highest BCUT2D eigenvalue weighted by Crippen LogP contribution is 2.24. The van der Waals surface area contributed by atoms with Crippen LogP contribution in [0.4, 0.5) is 0 Å². The molecule has 0 spiro atoms. The molecular formula is C18H25N3O2. The minimum Gasteiger partial charge on any atom is -0.342 e. The van der Waals surface area contributed by atoms with E-state index >= 15 is 0 Å². The fraction of sp³-hybridized carbons (Fsp3) is 0.611. The van der Waals surface area contributed by atoms with Crippen molar-refractivity contribution >= 4 is 11.8 Å². The molecule has 2 aliphatic rings. The second kappa shape index (κ2) is 7.11. The van der Waals surface area contributed by atoms with Gasteiger partial charge in [0.1, 0.15) is 0 Å². The van der Waals surface area contributed by atoms with Gasteiger partial charge in [-0.2, -0.15) is 0 Å². The lowest BCUT2D eigenvalue weighted by Crippen LogP contribution is -2.46. The number of likely N-dealkylation sites (tertiary alicyclic amines) is 2. The summed E-state index contributed by atoms with van der Waals surface area (Å²) in [4.78, 5) is 32.9. The van der Waals surface area contributed by atoms with Crippen LogP contribution in [0.2, 0.25) is 0 Å². The lowest BCUT2D eigenvalue weighted by atomic mass is 9.92. The third kappa shape index (κ3) is 3.71. The molecule has 1 aromatic heterocycles. The molecule has 2 fully saturated rings. The number of rotatable bonds is 2. The van der Waals surface area contributed by atoms with E-state index in [9.17, 15) is 9.59 Å². The van der Waals surface area contributed by atoms with Gasteiger partial charge in [-0.15, -0.1) is 0 Å². The van der Waals surface area contributed by atoms with Gasteiger partial charge >= 0.3 is 0 Å². The smallest absolute Gasteiger partial charge is 0.255 e. The van der Waals surface area contributed by atoms with Crippen LogP contribution >= 0.6 is 0 Å². The lowest BCUT2D eigenvalue weighted by Gasteiger charge is -2.36. The molecule has 3 rings (SSSR count). The summed E-state index contributed by atoms with van der Waals surface area (Å²) in [6.07, 6.45) is 7.05. The number of aromatic nitrogens is 1. The third-order valence-corrected chi connectivity index (χ3v) is 5.14. The van der Waals surface area contributed by atoms with Gasteiger partial charge in [-0.25, -0.2) is 0 Å². The van der Waals surface area contributed by atoms with Gasteiger partial charge in [0.15, 0.2) is 0 Å². The first-order chi connectivity index (χ1) is 11.1. The fourth-order valence-corrected chi connectivity index (χ4v) is 3.49. The predicted octanol–water partition coefficient (Wildman–Crippen LogP) is 2.19. The molecule has 0 atom stereocenters. The molecule has 2 saturated heterocycles. The van der Waals surface area contributed by atoms with Crippen LogP contribution in [0, 0.1) is 11.8 Å². The van der Waals surface area contributed by atoms with E-state index < -0.39 is 0 Å². The van der Waals surface area contributed by atoms with Crippen molar-refractivity contribution in [3.63, 3.8) is 0 Å². The number of carbonyl (C=O) groups excluding carboxylic acids is 2. The summed E-state index contributed by atoms with van der Waals surface area (Å²) in [6.45, 7) is 5.37. The first-order valence-corrected chi connectivity index (χ1v) is 8.63. The Labute approximate surface area is 137 Å². The van der Waals surface area contributed by atoms with Gasteiger partial charge in [-0.1, -0.05) is 6.92 Å². The van der Waals surface area contributed by atoms with E-state index in [4.69, 9.17) is 0 Å². The minimum atomic E-state index is 0.0239. The lowest BCUT2D eigenvalue weighted by molar-refractivity contribution is -0.138. The summed E-state index contributed by atoms with van der Waals surface area (Å²) >= 11 is 0. The first-order valence-electron chi connectivity index (χ1n) is 8.63. The molecule has 5 nitrogen and oxygen atoms in total. The van der Waals surface area contributed by atoms with E-state index in [1.165, 1.54) is 0 Å². The quantitative estimate of drug-likeness (QED) is 0.840. The summed E-state index contributed by atoms with van der Waals surface area (Å²) in [5.74, 6) is 1.14. The Bertz CT molecular complexity index is 545. The second-order valence-corrected chi connectivity index (χ2v) is 6.82. The van der Waals surface area contributed by atoms with Gasteiger partial charge in [0.2, 0.25) is 5.91 Å². The second-order valence-electron chi connectivity index (χ2n) is 6.82. The van der Waals surface area contributed by atoms with E-state index in [0.29, 0.717) is 24.6 Å². The Balaban J connectivity index is 1.52. The molecule has 2 aliphatic heterocycles. The van der Waals surface area contributed by atoms with Crippen LogP contribution < -0.4 is 0 Å². The largest absolute Gasteiger partial charge is 0.342 e. The van der Waals surface area contributed by atoms with Crippen molar-refractivity contribution in [3.05, 3.63) is 30.1 Å². The maximum Gasteiger partial charge on any atom is 0.255 e. The molecule has 124 valence electrons. The van der Waals surface area contributed by atoms with Crippen LogP contribution in [-0.4, -0.2) is 52.8 Å². The highest BCUT2D eigenvalue weighted by molar-refractivity contribution is 5.94.